The van der Waals surface area contributed by atoms with Crippen LogP contribution >= 0.6 is 24.0 Å². The largest absolute Gasteiger partial charge is 0.376 e. The minimum absolute atomic E-state index is 0. The molecule has 0 bridgehead atoms. The Labute approximate surface area is 186 Å². The maximum absolute atomic E-state index is 6.13. The van der Waals surface area contributed by atoms with Gasteiger partial charge in [-0.15, -0.1) is 24.0 Å². The van der Waals surface area contributed by atoms with Gasteiger partial charge in [0.15, 0.2) is 5.96 Å². The number of rotatable bonds is 8. The smallest absolute Gasteiger partial charge is 0.193 e. The molecule has 1 atom stereocenters. The van der Waals surface area contributed by atoms with Crippen molar-refractivity contribution in [1.82, 2.24) is 20.0 Å². The maximum Gasteiger partial charge on any atom is 0.193 e. The Kier molecular flexibility index (Phi) is 11.2. The van der Waals surface area contributed by atoms with E-state index in [1.54, 1.807) is 0 Å². The highest BCUT2D eigenvalue weighted by atomic mass is 127. The number of hydrogen-bond acceptors (Lipinski definition) is 4. The van der Waals surface area contributed by atoms with Gasteiger partial charge < -0.3 is 19.7 Å². The van der Waals surface area contributed by atoms with Crippen molar-refractivity contribution >= 4 is 29.9 Å². The van der Waals surface area contributed by atoms with Gasteiger partial charge in [0.05, 0.1) is 18.8 Å². The molecular weight excluding hydrogens is 469 g/mol. The molecule has 2 saturated heterocycles. The van der Waals surface area contributed by atoms with Gasteiger partial charge in [-0.1, -0.05) is 0 Å². The van der Waals surface area contributed by atoms with Crippen molar-refractivity contribution in [2.24, 2.45) is 4.99 Å². The molecule has 2 aliphatic rings. The van der Waals surface area contributed by atoms with Crippen LogP contribution in [-0.2, 0) is 16.0 Å². The topological polar surface area (TPSA) is 63.9 Å². The molecule has 3 rings (SSSR count). The average molecular weight is 505 g/mol. The summed E-state index contributed by atoms with van der Waals surface area (Å²) in [6, 6.07) is 1.96. The van der Waals surface area contributed by atoms with Gasteiger partial charge in [0.1, 0.15) is 0 Å². The third-order valence-corrected chi connectivity index (χ3v) is 5.23. The Morgan fingerprint density at radius 1 is 1.29 bits per heavy atom. The molecule has 0 aliphatic carbocycles. The van der Waals surface area contributed by atoms with E-state index < -0.39 is 0 Å². The quantitative estimate of drug-likeness (QED) is 0.255. The zero-order chi connectivity index (χ0) is 18.7. The first-order valence-electron chi connectivity index (χ1n) is 10.6. The predicted molar refractivity (Wildman–Crippen MR) is 122 cm³/mol. The lowest BCUT2D eigenvalue weighted by Gasteiger charge is -2.35. The van der Waals surface area contributed by atoms with E-state index in [4.69, 9.17) is 14.5 Å². The Balaban J connectivity index is 0.00000280. The Morgan fingerprint density at radius 3 is 2.82 bits per heavy atom. The molecule has 1 unspecified atom stereocenters. The summed E-state index contributed by atoms with van der Waals surface area (Å²) in [6.45, 7) is 8.41. The van der Waals surface area contributed by atoms with Crippen LogP contribution in [0.2, 0.25) is 0 Å². The zero-order valence-electron chi connectivity index (χ0n) is 17.1. The minimum atomic E-state index is 0. The molecule has 2 fully saturated rings. The molecule has 0 radical (unpaired) electrons. The lowest BCUT2D eigenvalue weighted by atomic mass is 10.1. The number of hydrogen-bond donors (Lipinski definition) is 1. The second-order valence-corrected chi connectivity index (χ2v) is 7.37. The SMILES string of the molecule is CCNC(=NCCCn1cccn1)N1CCC(OCC2CCCCO2)CC1.I. The van der Waals surface area contributed by atoms with E-state index in [1.165, 1.54) is 12.8 Å². The fourth-order valence-corrected chi connectivity index (χ4v) is 3.69. The first-order valence-corrected chi connectivity index (χ1v) is 10.6. The zero-order valence-corrected chi connectivity index (χ0v) is 19.4. The fraction of sp³-hybridized carbons (Fsp3) is 0.800. The number of halogens is 1. The highest BCUT2D eigenvalue weighted by molar-refractivity contribution is 14.0. The van der Waals surface area contributed by atoms with Crippen molar-refractivity contribution in [1.29, 1.82) is 0 Å². The van der Waals surface area contributed by atoms with Gasteiger partial charge >= 0.3 is 0 Å². The van der Waals surface area contributed by atoms with Gasteiger partial charge in [-0.3, -0.25) is 9.67 Å². The Bertz CT molecular complexity index is 541. The summed E-state index contributed by atoms with van der Waals surface area (Å²) < 4.78 is 13.9. The molecule has 0 saturated carbocycles. The van der Waals surface area contributed by atoms with Crippen LogP contribution in [0.5, 0.6) is 0 Å². The minimum Gasteiger partial charge on any atom is -0.376 e. The van der Waals surface area contributed by atoms with Gasteiger partial charge in [0.25, 0.3) is 0 Å². The van der Waals surface area contributed by atoms with Gasteiger partial charge in [0, 0.05) is 51.7 Å². The van der Waals surface area contributed by atoms with Crippen LogP contribution in [-0.4, -0.2) is 72.2 Å². The van der Waals surface area contributed by atoms with Gasteiger partial charge in [0.2, 0.25) is 0 Å². The predicted octanol–water partition coefficient (Wildman–Crippen LogP) is 2.91. The summed E-state index contributed by atoms with van der Waals surface area (Å²) in [6.07, 6.45) is 11.2. The molecule has 1 N–H and O–H groups in total. The molecule has 2 aliphatic heterocycles. The monoisotopic (exact) mass is 505 g/mol. The van der Waals surface area contributed by atoms with Gasteiger partial charge in [-0.25, -0.2) is 0 Å². The molecule has 28 heavy (non-hydrogen) atoms. The van der Waals surface area contributed by atoms with E-state index in [0.29, 0.717) is 12.2 Å². The van der Waals surface area contributed by atoms with Crippen molar-refractivity contribution in [2.75, 3.05) is 39.4 Å². The number of aromatic nitrogens is 2. The second kappa shape index (κ2) is 13.4. The van der Waals surface area contributed by atoms with Crippen molar-refractivity contribution < 1.29 is 9.47 Å². The van der Waals surface area contributed by atoms with Crippen LogP contribution in [0.4, 0.5) is 0 Å². The fourth-order valence-electron chi connectivity index (χ4n) is 3.69. The highest BCUT2D eigenvalue weighted by Gasteiger charge is 2.23. The lowest BCUT2D eigenvalue weighted by Crippen LogP contribution is -2.47. The number of piperidine rings is 1. The number of likely N-dealkylation sites (tertiary alicyclic amines) is 1. The highest BCUT2D eigenvalue weighted by Crippen LogP contribution is 2.18. The second-order valence-electron chi connectivity index (χ2n) is 7.37. The van der Waals surface area contributed by atoms with Crippen LogP contribution in [0.3, 0.4) is 0 Å². The summed E-state index contributed by atoms with van der Waals surface area (Å²) in [5.74, 6) is 1.03. The molecule has 160 valence electrons. The van der Waals surface area contributed by atoms with Crippen LogP contribution < -0.4 is 5.32 Å². The Morgan fingerprint density at radius 2 is 2.14 bits per heavy atom. The normalized spacial score (nSPS) is 21.4. The van der Waals surface area contributed by atoms with Crippen molar-refractivity contribution in [3.8, 4) is 0 Å². The maximum atomic E-state index is 6.13. The molecule has 0 spiro atoms. The van der Waals surface area contributed by atoms with E-state index in [2.05, 4.69) is 22.2 Å². The van der Waals surface area contributed by atoms with Crippen LogP contribution in [0, 0.1) is 0 Å². The molecular formula is C20H36IN5O2. The molecule has 1 aromatic heterocycles. The number of ether oxygens (including phenoxy) is 2. The van der Waals surface area contributed by atoms with E-state index in [-0.39, 0.29) is 24.0 Å². The lowest BCUT2D eigenvalue weighted by molar-refractivity contribution is -0.0721. The number of nitrogens with zero attached hydrogens (tertiary/aromatic N) is 4. The number of aryl methyl sites for hydroxylation is 1. The van der Waals surface area contributed by atoms with Crippen LogP contribution in [0.1, 0.15) is 45.4 Å². The van der Waals surface area contributed by atoms with Crippen molar-refractivity contribution in [2.45, 2.75) is 64.2 Å². The van der Waals surface area contributed by atoms with Gasteiger partial charge in [-0.2, -0.15) is 5.10 Å². The first-order chi connectivity index (χ1) is 13.3. The average Bonchev–Trinajstić information content (AvgIpc) is 3.24. The van der Waals surface area contributed by atoms with E-state index in [0.717, 1.165) is 77.6 Å². The molecule has 0 aromatic carbocycles. The summed E-state index contributed by atoms with van der Waals surface area (Å²) in [5.41, 5.74) is 0. The van der Waals surface area contributed by atoms with E-state index in [1.807, 2.05) is 23.1 Å². The molecule has 0 amide bonds. The summed E-state index contributed by atoms with van der Waals surface area (Å²) in [4.78, 5) is 7.18. The standard InChI is InChI=1S/C20H35N5O2.HI/c1-2-21-20(22-10-5-12-25-13-6-11-23-25)24-14-8-18(9-15-24)27-17-19-7-3-4-16-26-19;/h6,11,13,18-19H,2-5,7-10,12,14-17H2,1H3,(H,21,22);1H. The number of aliphatic imine (C=N–C) groups is 1. The summed E-state index contributed by atoms with van der Waals surface area (Å²) in [7, 11) is 0. The molecule has 3 heterocycles. The summed E-state index contributed by atoms with van der Waals surface area (Å²) >= 11 is 0. The number of nitrogens with one attached hydrogen (secondary N) is 1. The first kappa shape index (κ1) is 23.4. The van der Waals surface area contributed by atoms with E-state index >= 15 is 0 Å². The molecule has 1 aromatic rings. The van der Waals surface area contributed by atoms with Crippen LogP contribution in [0.15, 0.2) is 23.5 Å². The third kappa shape index (κ3) is 7.87. The third-order valence-electron chi connectivity index (χ3n) is 5.23. The Hall–Kier alpha value is -0.870. The van der Waals surface area contributed by atoms with Crippen molar-refractivity contribution in [3.05, 3.63) is 18.5 Å². The van der Waals surface area contributed by atoms with Gasteiger partial charge in [-0.05, 0) is 51.5 Å². The molecule has 7 nitrogen and oxygen atoms in total. The van der Waals surface area contributed by atoms with Crippen molar-refractivity contribution in [3.63, 3.8) is 0 Å². The van der Waals surface area contributed by atoms with Crippen LogP contribution in [0.25, 0.3) is 0 Å². The molecule has 8 heteroatoms. The summed E-state index contributed by atoms with van der Waals surface area (Å²) in [5, 5.41) is 7.68. The van der Waals surface area contributed by atoms with E-state index in [9.17, 15) is 0 Å². The number of guanidine groups is 1.